The molecule has 6 nitrogen and oxygen atoms in total. The van der Waals surface area contributed by atoms with Crippen molar-refractivity contribution in [2.75, 3.05) is 0 Å². The van der Waals surface area contributed by atoms with Gasteiger partial charge in [-0.15, -0.1) is 16.8 Å². The van der Waals surface area contributed by atoms with Gasteiger partial charge >= 0.3 is 0 Å². The van der Waals surface area contributed by atoms with Gasteiger partial charge in [0.1, 0.15) is 5.82 Å². The summed E-state index contributed by atoms with van der Waals surface area (Å²) in [5.41, 5.74) is 0. The maximum Gasteiger partial charge on any atom is 0.239 e. The van der Waals surface area contributed by atoms with Crippen molar-refractivity contribution in [3.8, 4) is 0 Å². The molecule has 1 aliphatic carbocycles. The Kier molecular flexibility index (Phi) is 3.60. The highest BCUT2D eigenvalue weighted by Gasteiger charge is 2.30. The smallest absolute Gasteiger partial charge is 0.239 e. The molecule has 0 bridgehead atoms. The molecule has 0 aliphatic heterocycles. The minimum absolute atomic E-state index is 0.0519. The molecule has 20 heavy (non-hydrogen) atoms. The third-order valence-corrected chi connectivity index (χ3v) is 4.24. The van der Waals surface area contributed by atoms with Crippen molar-refractivity contribution in [3.05, 3.63) is 30.2 Å². The van der Waals surface area contributed by atoms with Crippen LogP contribution in [-0.2, 0) is 6.54 Å². The number of hydrogen-bond donors (Lipinski definition) is 0. The zero-order chi connectivity index (χ0) is 14.1. The standard InChI is InChI=1S/C13H17N5OS/c1-4-7-18-11(10-5-6-10)15-16-13(18)20-8(2)12-14-9(3)17-19-12/h4,8,10H,1,5-7H2,2-3H3. The summed E-state index contributed by atoms with van der Waals surface area (Å²) >= 11 is 1.59. The van der Waals surface area contributed by atoms with Gasteiger partial charge in [0.2, 0.25) is 5.89 Å². The van der Waals surface area contributed by atoms with Gasteiger partial charge in [-0.1, -0.05) is 23.0 Å². The summed E-state index contributed by atoms with van der Waals surface area (Å²) in [5.74, 6) is 2.91. The second-order valence-corrected chi connectivity index (χ2v) is 6.26. The summed E-state index contributed by atoms with van der Waals surface area (Å²) in [5, 5.41) is 13.4. The predicted molar refractivity (Wildman–Crippen MR) is 75.5 cm³/mol. The van der Waals surface area contributed by atoms with Gasteiger partial charge in [-0.25, -0.2) is 0 Å². The molecule has 3 rings (SSSR count). The number of allylic oxidation sites excluding steroid dienone is 1. The fourth-order valence-corrected chi connectivity index (χ4v) is 2.91. The van der Waals surface area contributed by atoms with Gasteiger partial charge in [0.15, 0.2) is 11.0 Å². The maximum atomic E-state index is 5.21. The van der Waals surface area contributed by atoms with Crippen molar-refractivity contribution in [2.24, 2.45) is 0 Å². The molecule has 2 heterocycles. The van der Waals surface area contributed by atoms with Crippen LogP contribution in [0.1, 0.15) is 48.5 Å². The lowest BCUT2D eigenvalue weighted by molar-refractivity contribution is 0.376. The highest BCUT2D eigenvalue weighted by atomic mass is 32.2. The summed E-state index contributed by atoms with van der Waals surface area (Å²) in [6, 6.07) is 0. The molecular formula is C13H17N5OS. The largest absolute Gasteiger partial charge is 0.338 e. The van der Waals surface area contributed by atoms with Crippen LogP contribution in [0.4, 0.5) is 0 Å². The SMILES string of the molecule is C=CCn1c(SC(C)c2nc(C)no2)nnc1C1CC1. The molecule has 0 aromatic carbocycles. The molecule has 0 saturated heterocycles. The molecule has 0 radical (unpaired) electrons. The zero-order valence-electron chi connectivity index (χ0n) is 11.6. The van der Waals surface area contributed by atoms with E-state index in [1.54, 1.807) is 11.8 Å². The van der Waals surface area contributed by atoms with Crippen LogP contribution in [0.3, 0.4) is 0 Å². The van der Waals surface area contributed by atoms with E-state index in [2.05, 4.69) is 31.5 Å². The number of rotatable bonds is 6. The zero-order valence-corrected chi connectivity index (χ0v) is 12.4. The number of hydrogen-bond acceptors (Lipinski definition) is 6. The van der Waals surface area contributed by atoms with Gasteiger partial charge in [0.05, 0.1) is 5.25 Å². The Morgan fingerprint density at radius 1 is 1.50 bits per heavy atom. The van der Waals surface area contributed by atoms with E-state index in [1.165, 1.54) is 12.8 Å². The van der Waals surface area contributed by atoms with Gasteiger partial charge in [0.25, 0.3) is 0 Å². The normalized spacial score (nSPS) is 16.3. The number of aromatic nitrogens is 5. The lowest BCUT2D eigenvalue weighted by Gasteiger charge is -2.09. The Labute approximate surface area is 121 Å². The van der Waals surface area contributed by atoms with Crippen LogP contribution in [0.5, 0.6) is 0 Å². The van der Waals surface area contributed by atoms with Crippen molar-refractivity contribution < 1.29 is 4.52 Å². The Hall–Kier alpha value is -1.63. The molecule has 1 atom stereocenters. The van der Waals surface area contributed by atoms with Crippen molar-refractivity contribution in [3.63, 3.8) is 0 Å². The molecule has 7 heteroatoms. The summed E-state index contributed by atoms with van der Waals surface area (Å²) in [6.07, 6.45) is 4.29. The van der Waals surface area contributed by atoms with Crippen molar-refractivity contribution >= 4 is 11.8 Å². The first-order valence-electron chi connectivity index (χ1n) is 6.70. The fraction of sp³-hybridized carbons (Fsp3) is 0.538. The first-order valence-corrected chi connectivity index (χ1v) is 7.58. The van der Waals surface area contributed by atoms with E-state index < -0.39 is 0 Å². The van der Waals surface area contributed by atoms with Crippen LogP contribution in [0, 0.1) is 6.92 Å². The summed E-state index contributed by atoms with van der Waals surface area (Å²) in [4.78, 5) is 4.26. The topological polar surface area (TPSA) is 69.6 Å². The van der Waals surface area contributed by atoms with E-state index in [4.69, 9.17) is 4.52 Å². The monoisotopic (exact) mass is 291 g/mol. The van der Waals surface area contributed by atoms with E-state index in [9.17, 15) is 0 Å². The highest BCUT2D eigenvalue weighted by Crippen LogP contribution is 2.41. The third-order valence-electron chi connectivity index (χ3n) is 3.17. The second kappa shape index (κ2) is 5.40. The van der Waals surface area contributed by atoms with Crippen LogP contribution in [0.15, 0.2) is 22.3 Å². The van der Waals surface area contributed by atoms with Gasteiger partial charge in [-0.3, -0.25) is 0 Å². The Morgan fingerprint density at radius 2 is 2.30 bits per heavy atom. The van der Waals surface area contributed by atoms with Crippen LogP contribution in [-0.4, -0.2) is 24.9 Å². The van der Waals surface area contributed by atoms with E-state index in [0.29, 0.717) is 17.6 Å². The second-order valence-electron chi connectivity index (χ2n) is 4.95. The number of thioether (sulfide) groups is 1. The summed E-state index contributed by atoms with van der Waals surface area (Å²) in [6.45, 7) is 8.39. The van der Waals surface area contributed by atoms with Crippen LogP contribution < -0.4 is 0 Å². The van der Waals surface area contributed by atoms with Crippen LogP contribution in [0.25, 0.3) is 0 Å². The summed E-state index contributed by atoms with van der Waals surface area (Å²) in [7, 11) is 0. The van der Waals surface area contributed by atoms with E-state index in [0.717, 1.165) is 17.5 Å². The molecule has 106 valence electrons. The molecular weight excluding hydrogens is 274 g/mol. The minimum Gasteiger partial charge on any atom is -0.338 e. The van der Waals surface area contributed by atoms with E-state index >= 15 is 0 Å². The quantitative estimate of drug-likeness (QED) is 0.602. The first kappa shape index (κ1) is 13.4. The van der Waals surface area contributed by atoms with E-state index in [-0.39, 0.29) is 5.25 Å². The highest BCUT2D eigenvalue weighted by molar-refractivity contribution is 7.99. The molecule has 2 aromatic heterocycles. The third kappa shape index (κ3) is 2.63. The Balaban J connectivity index is 1.81. The van der Waals surface area contributed by atoms with E-state index in [1.807, 2.05) is 19.9 Å². The molecule has 2 aromatic rings. The summed E-state index contributed by atoms with van der Waals surface area (Å²) < 4.78 is 7.34. The molecule has 0 spiro atoms. The van der Waals surface area contributed by atoms with Gasteiger partial charge < -0.3 is 9.09 Å². The van der Waals surface area contributed by atoms with Crippen LogP contribution >= 0.6 is 11.8 Å². The molecule has 1 aliphatic rings. The van der Waals surface area contributed by atoms with Crippen molar-refractivity contribution in [1.82, 2.24) is 24.9 Å². The fourth-order valence-electron chi connectivity index (χ4n) is 2.02. The van der Waals surface area contributed by atoms with Crippen molar-refractivity contribution in [1.29, 1.82) is 0 Å². The first-order chi connectivity index (χ1) is 9.69. The number of aryl methyl sites for hydroxylation is 1. The lowest BCUT2D eigenvalue weighted by Crippen LogP contribution is -2.03. The van der Waals surface area contributed by atoms with Gasteiger partial charge in [-0.2, -0.15) is 4.98 Å². The lowest BCUT2D eigenvalue weighted by atomic mass is 10.4. The van der Waals surface area contributed by atoms with Gasteiger partial charge in [-0.05, 0) is 26.7 Å². The maximum absolute atomic E-state index is 5.21. The Bertz CT molecular complexity index is 616. The molecule has 1 fully saturated rings. The molecule has 1 saturated carbocycles. The minimum atomic E-state index is 0.0519. The average molecular weight is 291 g/mol. The van der Waals surface area contributed by atoms with Crippen molar-refractivity contribution in [2.45, 2.75) is 49.6 Å². The van der Waals surface area contributed by atoms with Gasteiger partial charge in [0, 0.05) is 12.5 Å². The molecule has 0 N–H and O–H groups in total. The molecule has 1 unspecified atom stereocenters. The molecule has 0 amide bonds. The van der Waals surface area contributed by atoms with Crippen LogP contribution in [0.2, 0.25) is 0 Å². The number of nitrogens with zero attached hydrogens (tertiary/aromatic N) is 5. The predicted octanol–water partition coefficient (Wildman–Crippen LogP) is 2.89. The average Bonchev–Trinajstić information content (AvgIpc) is 3.06. The Morgan fingerprint density at radius 3 is 2.90 bits per heavy atom.